The zero-order valence-electron chi connectivity index (χ0n) is 14.2. The summed E-state index contributed by atoms with van der Waals surface area (Å²) in [5, 5.41) is 9.49. The van der Waals surface area contributed by atoms with Gasteiger partial charge in [-0.1, -0.05) is 12.1 Å². The van der Waals surface area contributed by atoms with Crippen molar-refractivity contribution in [2.24, 2.45) is 0 Å². The highest BCUT2D eigenvalue weighted by Crippen LogP contribution is 2.27. The second-order valence-electron chi connectivity index (χ2n) is 6.49. The molecule has 0 spiro atoms. The van der Waals surface area contributed by atoms with Gasteiger partial charge < -0.3 is 9.15 Å². The number of rotatable bonds is 5. The minimum Gasteiger partial charge on any atom is -0.490 e. The smallest absolute Gasteiger partial charge is 0.220 e. The van der Waals surface area contributed by atoms with Crippen LogP contribution in [0.2, 0.25) is 0 Å². The maximum Gasteiger partial charge on any atom is 0.220 e. The summed E-state index contributed by atoms with van der Waals surface area (Å²) < 4.78 is 11.5. The third kappa shape index (κ3) is 3.18. The number of ketones is 1. The van der Waals surface area contributed by atoms with Gasteiger partial charge in [-0.2, -0.15) is 5.26 Å². The van der Waals surface area contributed by atoms with E-state index in [0.717, 1.165) is 18.6 Å². The van der Waals surface area contributed by atoms with Crippen LogP contribution in [0.1, 0.15) is 47.8 Å². The van der Waals surface area contributed by atoms with Crippen LogP contribution in [0.3, 0.4) is 0 Å². The van der Waals surface area contributed by atoms with Crippen LogP contribution in [-0.2, 0) is 0 Å². The van der Waals surface area contributed by atoms with Crippen molar-refractivity contribution >= 4 is 16.9 Å². The fourth-order valence-electron chi connectivity index (χ4n) is 3.30. The van der Waals surface area contributed by atoms with Crippen LogP contribution in [0, 0.1) is 11.3 Å². The first-order chi connectivity index (χ1) is 12.7. The minimum atomic E-state index is -1.07. The highest BCUT2D eigenvalue weighted by Gasteiger charge is 2.27. The predicted octanol–water partition coefficient (Wildman–Crippen LogP) is 4.64. The Morgan fingerprint density at radius 1 is 1.15 bits per heavy atom. The average molecular weight is 346 g/mol. The zero-order chi connectivity index (χ0) is 17.9. The quantitative estimate of drug-likeness (QED) is 0.629. The van der Waals surface area contributed by atoms with Crippen LogP contribution >= 0.6 is 0 Å². The first kappa shape index (κ1) is 16.3. The van der Waals surface area contributed by atoms with E-state index < -0.39 is 5.92 Å². The molecule has 0 unspecified atom stereocenters. The van der Waals surface area contributed by atoms with Crippen molar-refractivity contribution in [2.45, 2.75) is 37.7 Å². The van der Waals surface area contributed by atoms with Gasteiger partial charge in [0.05, 0.1) is 12.2 Å². The van der Waals surface area contributed by atoms with Gasteiger partial charge in [-0.3, -0.25) is 4.79 Å². The Bertz CT molecular complexity index is 930. The van der Waals surface area contributed by atoms with Crippen molar-refractivity contribution in [1.29, 1.82) is 5.26 Å². The van der Waals surface area contributed by atoms with E-state index in [1.807, 2.05) is 18.2 Å². The molecule has 0 saturated heterocycles. The molecule has 0 radical (unpaired) electrons. The number of para-hydroxylation sites is 2. The van der Waals surface area contributed by atoms with Gasteiger partial charge in [-0.25, -0.2) is 4.98 Å². The summed E-state index contributed by atoms with van der Waals surface area (Å²) in [7, 11) is 0. The molecule has 0 aliphatic heterocycles. The van der Waals surface area contributed by atoms with Gasteiger partial charge >= 0.3 is 0 Å². The molecule has 130 valence electrons. The van der Waals surface area contributed by atoms with Crippen molar-refractivity contribution in [3.8, 4) is 11.8 Å². The lowest BCUT2D eigenvalue weighted by molar-refractivity contribution is 0.0970. The Balaban J connectivity index is 1.54. The molecule has 2 aromatic carbocycles. The number of ether oxygens (including phenoxy) is 1. The Morgan fingerprint density at radius 2 is 1.88 bits per heavy atom. The topological polar surface area (TPSA) is 76.1 Å². The van der Waals surface area contributed by atoms with Crippen LogP contribution in [0.4, 0.5) is 0 Å². The molecule has 0 N–H and O–H groups in total. The Morgan fingerprint density at radius 3 is 2.58 bits per heavy atom. The van der Waals surface area contributed by atoms with Gasteiger partial charge in [0.2, 0.25) is 5.89 Å². The largest absolute Gasteiger partial charge is 0.490 e. The fourth-order valence-corrected chi connectivity index (χ4v) is 3.30. The molecule has 1 fully saturated rings. The standard InChI is InChI=1S/C21H18N2O3/c22-13-17(21-23-18-7-3-4-8-19(18)26-21)20(24)14-9-11-16(12-10-14)25-15-5-1-2-6-15/h3-4,7-12,15,17H,1-2,5-6H2/t17-/m1/s1. The number of hydrogen-bond donors (Lipinski definition) is 0. The molecule has 4 rings (SSSR count). The second kappa shape index (κ2) is 7.01. The van der Waals surface area contributed by atoms with Crippen molar-refractivity contribution in [3.05, 3.63) is 60.0 Å². The average Bonchev–Trinajstić information content (AvgIpc) is 3.32. The van der Waals surface area contributed by atoms with Crippen LogP contribution in [-0.4, -0.2) is 16.9 Å². The number of hydrogen-bond acceptors (Lipinski definition) is 5. The molecule has 1 aromatic heterocycles. The summed E-state index contributed by atoms with van der Waals surface area (Å²) in [5.41, 5.74) is 1.64. The number of fused-ring (bicyclic) bond motifs is 1. The minimum absolute atomic E-state index is 0.130. The molecule has 1 aliphatic carbocycles. The van der Waals surface area contributed by atoms with Crippen molar-refractivity contribution in [3.63, 3.8) is 0 Å². The second-order valence-corrected chi connectivity index (χ2v) is 6.49. The van der Waals surface area contributed by atoms with E-state index in [9.17, 15) is 10.1 Å². The van der Waals surface area contributed by atoms with Gasteiger partial charge in [0, 0.05) is 5.56 Å². The van der Waals surface area contributed by atoms with Crippen LogP contribution < -0.4 is 4.74 Å². The summed E-state index contributed by atoms with van der Waals surface area (Å²) in [4.78, 5) is 17.0. The maximum absolute atomic E-state index is 12.7. The summed E-state index contributed by atoms with van der Waals surface area (Å²) in [6.45, 7) is 0. The third-order valence-electron chi connectivity index (χ3n) is 4.69. The monoisotopic (exact) mass is 346 g/mol. The number of benzene rings is 2. The predicted molar refractivity (Wildman–Crippen MR) is 96.0 cm³/mol. The third-order valence-corrected chi connectivity index (χ3v) is 4.69. The van der Waals surface area contributed by atoms with E-state index in [4.69, 9.17) is 9.15 Å². The SMILES string of the molecule is N#C[C@H](C(=O)c1ccc(OC2CCCC2)cc1)c1nc2ccccc2o1. The van der Waals surface area contributed by atoms with Crippen LogP contribution in [0.15, 0.2) is 52.9 Å². The molecule has 26 heavy (non-hydrogen) atoms. The summed E-state index contributed by atoms with van der Waals surface area (Å²) in [6.07, 6.45) is 4.83. The Hall–Kier alpha value is -3.13. The molecule has 1 saturated carbocycles. The fraction of sp³-hybridized carbons (Fsp3) is 0.286. The van der Waals surface area contributed by atoms with E-state index >= 15 is 0 Å². The number of nitrogens with zero attached hydrogens (tertiary/aromatic N) is 2. The molecule has 1 heterocycles. The molecule has 1 aliphatic rings. The lowest BCUT2D eigenvalue weighted by Crippen LogP contribution is -2.13. The molecular weight excluding hydrogens is 328 g/mol. The highest BCUT2D eigenvalue weighted by atomic mass is 16.5. The molecule has 0 bridgehead atoms. The number of Topliss-reactive ketones (excluding diaryl/α,β-unsaturated/α-hetero) is 1. The molecular formula is C21H18N2O3. The van der Waals surface area contributed by atoms with Crippen molar-refractivity contribution in [2.75, 3.05) is 0 Å². The summed E-state index contributed by atoms with van der Waals surface area (Å²) >= 11 is 0. The van der Waals surface area contributed by atoms with E-state index in [1.165, 1.54) is 12.8 Å². The number of carbonyl (C=O) groups excluding carboxylic acids is 1. The van der Waals surface area contributed by atoms with Gasteiger partial charge in [-0.15, -0.1) is 0 Å². The van der Waals surface area contributed by atoms with Crippen molar-refractivity contribution in [1.82, 2.24) is 4.98 Å². The number of oxazole rings is 1. The Labute approximate surface area is 151 Å². The van der Waals surface area contributed by atoms with Crippen LogP contribution in [0.25, 0.3) is 11.1 Å². The first-order valence-corrected chi connectivity index (χ1v) is 8.80. The highest BCUT2D eigenvalue weighted by molar-refractivity contribution is 6.02. The molecule has 5 nitrogen and oxygen atoms in total. The van der Waals surface area contributed by atoms with Gasteiger partial charge in [0.25, 0.3) is 0 Å². The van der Waals surface area contributed by atoms with Crippen LogP contribution in [0.5, 0.6) is 5.75 Å². The van der Waals surface area contributed by atoms with E-state index in [1.54, 1.807) is 36.4 Å². The number of carbonyl (C=O) groups is 1. The Kier molecular flexibility index (Phi) is 4.40. The maximum atomic E-state index is 12.7. The van der Waals surface area contributed by atoms with E-state index in [-0.39, 0.29) is 17.8 Å². The summed E-state index contributed by atoms with van der Waals surface area (Å²) in [6, 6.07) is 16.2. The number of nitriles is 1. The molecule has 1 atom stereocenters. The molecule has 0 amide bonds. The van der Waals surface area contributed by atoms with E-state index in [2.05, 4.69) is 4.98 Å². The van der Waals surface area contributed by atoms with Crippen molar-refractivity contribution < 1.29 is 13.9 Å². The zero-order valence-corrected chi connectivity index (χ0v) is 14.2. The number of aromatic nitrogens is 1. The molecule has 3 aromatic rings. The summed E-state index contributed by atoms with van der Waals surface area (Å²) in [5.74, 6) is -0.510. The lowest BCUT2D eigenvalue weighted by Gasteiger charge is -2.13. The first-order valence-electron chi connectivity index (χ1n) is 8.80. The lowest BCUT2D eigenvalue weighted by atomic mass is 9.99. The van der Waals surface area contributed by atoms with Gasteiger partial charge in [0.1, 0.15) is 11.3 Å². The van der Waals surface area contributed by atoms with E-state index in [0.29, 0.717) is 16.7 Å². The van der Waals surface area contributed by atoms with Gasteiger partial charge in [0.15, 0.2) is 17.3 Å². The van der Waals surface area contributed by atoms with Gasteiger partial charge in [-0.05, 0) is 62.1 Å². The normalized spacial score (nSPS) is 15.7. The molecule has 5 heteroatoms.